The third-order valence-corrected chi connectivity index (χ3v) is 5.81. The van der Waals surface area contributed by atoms with Crippen LogP contribution in [-0.2, 0) is 19.1 Å². The predicted molar refractivity (Wildman–Crippen MR) is 119 cm³/mol. The maximum absolute atomic E-state index is 13.2. The number of thiophene rings is 1. The van der Waals surface area contributed by atoms with Crippen LogP contribution in [0, 0.1) is 5.82 Å². The van der Waals surface area contributed by atoms with Crippen molar-refractivity contribution in [2.75, 3.05) is 26.3 Å². The monoisotopic (exact) mass is 460 g/mol. The largest absolute Gasteiger partial charge is 0.452 e. The highest BCUT2D eigenvalue weighted by molar-refractivity contribution is 7.11. The maximum Gasteiger partial charge on any atom is 0.409 e. The minimum absolute atomic E-state index is 0.0987. The third-order valence-electron chi connectivity index (χ3n) is 4.91. The van der Waals surface area contributed by atoms with Crippen LogP contribution in [-0.4, -0.2) is 55.2 Å². The fourth-order valence-electron chi connectivity index (χ4n) is 3.29. The molecule has 3 rings (SSSR count). The molecular formula is C23H25FN2O5S. The van der Waals surface area contributed by atoms with Gasteiger partial charge in [0.15, 0.2) is 6.61 Å². The Labute approximate surface area is 189 Å². The molecule has 0 unspecified atom stereocenters. The highest BCUT2D eigenvalue weighted by atomic mass is 32.1. The second-order valence-corrected chi connectivity index (χ2v) is 8.14. The molecule has 1 fully saturated rings. The minimum Gasteiger partial charge on any atom is -0.452 e. The second kappa shape index (κ2) is 11.4. The number of ether oxygens (including phenoxy) is 2. The van der Waals surface area contributed by atoms with Crippen LogP contribution in [0.15, 0.2) is 41.8 Å². The van der Waals surface area contributed by atoms with E-state index in [1.807, 2.05) is 5.38 Å². The van der Waals surface area contributed by atoms with Crippen LogP contribution in [0.5, 0.6) is 0 Å². The summed E-state index contributed by atoms with van der Waals surface area (Å²) in [5, 5.41) is 4.67. The van der Waals surface area contributed by atoms with E-state index in [2.05, 4.69) is 5.32 Å². The van der Waals surface area contributed by atoms with E-state index in [0.717, 1.165) is 0 Å². The van der Waals surface area contributed by atoms with Gasteiger partial charge >= 0.3 is 12.1 Å². The van der Waals surface area contributed by atoms with Crippen molar-refractivity contribution in [1.82, 2.24) is 10.2 Å². The van der Waals surface area contributed by atoms with Crippen LogP contribution in [0.4, 0.5) is 9.18 Å². The van der Waals surface area contributed by atoms with Crippen molar-refractivity contribution in [2.45, 2.75) is 25.8 Å². The molecule has 0 atom stereocenters. The van der Waals surface area contributed by atoms with Crippen LogP contribution >= 0.6 is 11.3 Å². The third kappa shape index (κ3) is 6.65. The molecule has 9 heteroatoms. The lowest BCUT2D eigenvalue weighted by Gasteiger charge is -2.31. The van der Waals surface area contributed by atoms with E-state index in [1.54, 1.807) is 42.2 Å². The summed E-state index contributed by atoms with van der Waals surface area (Å²) in [6.45, 7) is 2.65. The zero-order valence-corrected chi connectivity index (χ0v) is 18.5. The molecule has 1 saturated heterocycles. The van der Waals surface area contributed by atoms with Crippen LogP contribution < -0.4 is 5.32 Å². The van der Waals surface area contributed by atoms with Crippen molar-refractivity contribution in [1.29, 1.82) is 0 Å². The number of benzene rings is 1. The fourth-order valence-corrected chi connectivity index (χ4v) is 4.02. The fraction of sp³-hybridized carbons (Fsp3) is 0.348. The van der Waals surface area contributed by atoms with Crippen molar-refractivity contribution in [3.8, 4) is 0 Å². The Kier molecular flexibility index (Phi) is 8.38. The van der Waals surface area contributed by atoms with E-state index in [0.29, 0.717) is 48.6 Å². The molecule has 170 valence electrons. The Balaban J connectivity index is 1.53. The van der Waals surface area contributed by atoms with Gasteiger partial charge in [-0.05, 0) is 55.0 Å². The normalized spacial score (nSPS) is 14.7. The molecule has 1 N–H and O–H groups in total. The molecule has 1 aromatic carbocycles. The Morgan fingerprint density at radius 1 is 1.16 bits per heavy atom. The van der Waals surface area contributed by atoms with Gasteiger partial charge in [-0.1, -0.05) is 18.2 Å². The van der Waals surface area contributed by atoms with Crippen molar-refractivity contribution in [2.24, 2.45) is 0 Å². The van der Waals surface area contributed by atoms with Gasteiger partial charge in [-0.2, -0.15) is 0 Å². The first-order chi connectivity index (χ1) is 15.5. The molecule has 2 heterocycles. The topological polar surface area (TPSA) is 84.9 Å². The number of carbonyl (C=O) groups is 3. The molecular weight excluding hydrogens is 435 g/mol. The van der Waals surface area contributed by atoms with Gasteiger partial charge in [0.25, 0.3) is 5.91 Å². The van der Waals surface area contributed by atoms with Gasteiger partial charge < -0.3 is 19.7 Å². The van der Waals surface area contributed by atoms with Crippen molar-refractivity contribution in [3.63, 3.8) is 0 Å². The number of carbonyl (C=O) groups excluding carboxylic acids is 3. The van der Waals surface area contributed by atoms with Gasteiger partial charge in [0.2, 0.25) is 0 Å². The van der Waals surface area contributed by atoms with Gasteiger partial charge in [-0.15, -0.1) is 11.3 Å². The van der Waals surface area contributed by atoms with Crippen molar-refractivity contribution < 1.29 is 28.2 Å². The van der Waals surface area contributed by atoms with E-state index in [-0.39, 0.29) is 18.0 Å². The van der Waals surface area contributed by atoms with Crippen LogP contribution in [0.2, 0.25) is 0 Å². The van der Waals surface area contributed by atoms with E-state index in [4.69, 9.17) is 9.47 Å². The summed E-state index contributed by atoms with van der Waals surface area (Å²) in [7, 11) is 0. The summed E-state index contributed by atoms with van der Waals surface area (Å²) in [5.74, 6) is -1.41. The second-order valence-electron chi connectivity index (χ2n) is 7.19. The molecule has 32 heavy (non-hydrogen) atoms. The number of nitrogens with one attached hydrogen (secondary N) is 1. The first-order valence-electron chi connectivity index (χ1n) is 10.4. The molecule has 1 aliphatic heterocycles. The predicted octanol–water partition coefficient (Wildman–Crippen LogP) is 3.71. The summed E-state index contributed by atoms with van der Waals surface area (Å²) in [6, 6.07) is 9.23. The smallest absolute Gasteiger partial charge is 0.409 e. The van der Waals surface area contributed by atoms with Crippen LogP contribution in [0.1, 0.15) is 30.2 Å². The summed E-state index contributed by atoms with van der Waals surface area (Å²) in [4.78, 5) is 39.0. The number of rotatable bonds is 7. The number of nitrogens with zero attached hydrogens (tertiary/aromatic N) is 1. The molecule has 2 amide bonds. The first-order valence-corrected chi connectivity index (χ1v) is 11.2. The highest BCUT2D eigenvalue weighted by Crippen LogP contribution is 2.24. The lowest BCUT2D eigenvalue weighted by molar-refractivity contribution is -0.143. The average Bonchev–Trinajstić information content (AvgIpc) is 3.32. The molecule has 0 radical (unpaired) electrons. The molecule has 0 aliphatic carbocycles. The van der Waals surface area contributed by atoms with Crippen molar-refractivity contribution >= 4 is 41.0 Å². The van der Waals surface area contributed by atoms with Gasteiger partial charge in [-0.25, -0.2) is 14.0 Å². The van der Waals surface area contributed by atoms with Gasteiger partial charge in [0.1, 0.15) is 5.82 Å². The Morgan fingerprint density at radius 2 is 1.88 bits per heavy atom. The summed E-state index contributed by atoms with van der Waals surface area (Å²) in [6.07, 6.45) is 2.46. The zero-order chi connectivity index (χ0) is 22.9. The highest BCUT2D eigenvalue weighted by Gasteiger charge is 2.25. The first kappa shape index (κ1) is 23.5. The molecule has 1 aromatic heterocycles. The number of amides is 2. The Bertz CT molecular complexity index is 951. The number of esters is 1. The number of halogens is 1. The SMILES string of the molecule is CCOC(=O)N1CCC(NC(=O)COC(=O)/C(=C/c2ccc(F)cc2)c2cccs2)CC1. The van der Waals surface area contributed by atoms with E-state index < -0.39 is 18.5 Å². The van der Waals surface area contributed by atoms with Crippen LogP contribution in [0.3, 0.4) is 0 Å². The Hall–Kier alpha value is -3.20. The lowest BCUT2D eigenvalue weighted by atomic mass is 10.1. The molecule has 0 bridgehead atoms. The summed E-state index contributed by atoms with van der Waals surface area (Å²) >= 11 is 1.36. The van der Waals surface area contributed by atoms with E-state index in [1.165, 1.54) is 23.5 Å². The lowest BCUT2D eigenvalue weighted by Crippen LogP contribution is -2.47. The number of piperidine rings is 1. The number of hydrogen-bond donors (Lipinski definition) is 1. The average molecular weight is 461 g/mol. The Morgan fingerprint density at radius 3 is 2.50 bits per heavy atom. The van der Waals surface area contributed by atoms with Gasteiger partial charge in [-0.3, -0.25) is 4.79 Å². The maximum atomic E-state index is 13.2. The summed E-state index contributed by atoms with van der Waals surface area (Å²) < 4.78 is 23.4. The summed E-state index contributed by atoms with van der Waals surface area (Å²) in [5.41, 5.74) is 0.937. The molecule has 1 aliphatic rings. The zero-order valence-electron chi connectivity index (χ0n) is 17.7. The van der Waals surface area contributed by atoms with E-state index in [9.17, 15) is 18.8 Å². The number of likely N-dealkylation sites (tertiary alicyclic amines) is 1. The molecule has 0 spiro atoms. The molecule has 7 nitrogen and oxygen atoms in total. The quantitative estimate of drug-likeness (QED) is 0.503. The van der Waals surface area contributed by atoms with E-state index >= 15 is 0 Å². The van der Waals surface area contributed by atoms with Gasteiger partial charge in [0, 0.05) is 24.0 Å². The molecule has 0 saturated carbocycles. The van der Waals surface area contributed by atoms with Crippen molar-refractivity contribution in [3.05, 3.63) is 58.0 Å². The van der Waals surface area contributed by atoms with Gasteiger partial charge in [0.05, 0.1) is 12.2 Å². The number of hydrogen-bond acceptors (Lipinski definition) is 6. The standard InChI is InChI=1S/C23H25FN2O5S/c1-2-30-23(29)26-11-9-18(10-12-26)25-21(27)15-31-22(28)19(20-4-3-13-32-20)14-16-5-7-17(24)8-6-16/h3-8,13-14,18H,2,9-12,15H2,1H3,(H,25,27)/b19-14+. The molecule has 2 aromatic rings. The minimum atomic E-state index is -0.635. The van der Waals surface area contributed by atoms with Crippen LogP contribution in [0.25, 0.3) is 11.6 Å².